The van der Waals surface area contributed by atoms with Crippen LogP contribution in [0.3, 0.4) is 0 Å². The minimum Gasteiger partial charge on any atom is -0.393 e. The highest BCUT2D eigenvalue weighted by Gasteiger charge is 2.54. The van der Waals surface area contributed by atoms with Gasteiger partial charge in [-0.3, -0.25) is 14.7 Å². The van der Waals surface area contributed by atoms with E-state index < -0.39 is 5.54 Å². The zero-order chi connectivity index (χ0) is 19.9. The Hall–Kier alpha value is -1.89. The summed E-state index contributed by atoms with van der Waals surface area (Å²) in [6, 6.07) is 0.199. The van der Waals surface area contributed by atoms with Gasteiger partial charge in [-0.1, -0.05) is 6.92 Å². The van der Waals surface area contributed by atoms with Crippen LogP contribution < -0.4 is 0 Å². The van der Waals surface area contributed by atoms with E-state index in [-0.39, 0.29) is 24.0 Å². The van der Waals surface area contributed by atoms with Crippen LogP contribution >= 0.6 is 0 Å². The molecule has 7 heteroatoms. The van der Waals surface area contributed by atoms with E-state index in [2.05, 4.69) is 10.2 Å². The van der Waals surface area contributed by atoms with Gasteiger partial charge in [-0.25, -0.2) is 0 Å². The average molecular weight is 389 g/mol. The molecule has 3 heterocycles. The zero-order valence-corrected chi connectivity index (χ0v) is 17.0. The fourth-order valence-corrected chi connectivity index (χ4v) is 5.51. The van der Waals surface area contributed by atoms with E-state index in [4.69, 9.17) is 0 Å². The molecule has 2 amide bonds. The van der Waals surface area contributed by atoms with Gasteiger partial charge >= 0.3 is 0 Å². The quantitative estimate of drug-likeness (QED) is 0.831. The summed E-state index contributed by atoms with van der Waals surface area (Å²) in [6.45, 7) is 5.36. The van der Waals surface area contributed by atoms with E-state index in [9.17, 15) is 14.7 Å². The second-order valence-electron chi connectivity index (χ2n) is 8.69. The van der Waals surface area contributed by atoms with Gasteiger partial charge in [-0.05, 0) is 64.7 Å². The van der Waals surface area contributed by atoms with E-state index in [1.165, 1.54) is 0 Å². The smallest absolute Gasteiger partial charge is 0.275 e. The van der Waals surface area contributed by atoms with E-state index in [1.54, 1.807) is 0 Å². The average Bonchev–Trinajstić information content (AvgIpc) is 3.28. The number of rotatable bonds is 3. The molecule has 28 heavy (non-hydrogen) atoms. The lowest BCUT2D eigenvalue weighted by Crippen LogP contribution is -2.63. The first-order chi connectivity index (χ1) is 13.5. The lowest BCUT2D eigenvalue weighted by atomic mass is 9.82. The van der Waals surface area contributed by atoms with Gasteiger partial charge in [0.25, 0.3) is 5.91 Å². The number of piperidine rings is 1. The molecule has 4 rings (SSSR count). The SMILES string of the molecule is CCc1[nH]nc(C(=O)N2CCCC23CCCN(C2CCC(O)CC2)C3=O)c1C. The Labute approximate surface area is 166 Å². The van der Waals surface area contributed by atoms with Crippen LogP contribution in [-0.2, 0) is 11.2 Å². The third kappa shape index (κ3) is 3.04. The van der Waals surface area contributed by atoms with Gasteiger partial charge in [0.2, 0.25) is 5.91 Å². The molecule has 3 fully saturated rings. The number of H-pyrrole nitrogens is 1. The van der Waals surface area contributed by atoms with Crippen LogP contribution in [0, 0.1) is 6.92 Å². The maximum atomic E-state index is 13.7. The highest BCUT2D eigenvalue weighted by molar-refractivity contribution is 6.00. The first-order valence-electron chi connectivity index (χ1n) is 10.8. The molecule has 2 saturated heterocycles. The fraction of sp³-hybridized carbons (Fsp3) is 0.762. The Morgan fingerprint density at radius 2 is 1.89 bits per heavy atom. The number of hydrogen-bond donors (Lipinski definition) is 2. The van der Waals surface area contributed by atoms with Gasteiger partial charge in [0.1, 0.15) is 5.54 Å². The van der Waals surface area contributed by atoms with Crippen molar-refractivity contribution in [2.45, 2.75) is 89.3 Å². The number of likely N-dealkylation sites (tertiary alicyclic amines) is 2. The largest absolute Gasteiger partial charge is 0.393 e. The Bertz CT molecular complexity index is 753. The molecule has 2 N–H and O–H groups in total. The summed E-state index contributed by atoms with van der Waals surface area (Å²) < 4.78 is 0. The van der Waals surface area contributed by atoms with Crippen molar-refractivity contribution in [2.24, 2.45) is 0 Å². The van der Waals surface area contributed by atoms with Crippen molar-refractivity contribution < 1.29 is 14.7 Å². The molecule has 1 aromatic heterocycles. The number of carbonyl (C=O) groups excluding carboxylic acids is 2. The molecule has 1 atom stereocenters. The molecular formula is C21H32N4O3. The Kier molecular flexibility index (Phi) is 5.21. The van der Waals surface area contributed by atoms with Crippen LogP contribution in [-0.4, -0.2) is 67.7 Å². The van der Waals surface area contributed by atoms with Crippen molar-refractivity contribution in [3.05, 3.63) is 17.0 Å². The summed E-state index contributed by atoms with van der Waals surface area (Å²) in [5.41, 5.74) is 1.64. The first kappa shape index (κ1) is 19.4. The highest BCUT2D eigenvalue weighted by atomic mass is 16.3. The molecular weight excluding hydrogens is 356 g/mol. The minimum absolute atomic E-state index is 0.111. The van der Waals surface area contributed by atoms with Gasteiger partial charge in [0.15, 0.2) is 5.69 Å². The molecule has 0 aromatic carbocycles. The van der Waals surface area contributed by atoms with Gasteiger partial charge in [0.05, 0.1) is 6.10 Å². The minimum atomic E-state index is -0.705. The molecule has 1 aromatic rings. The second-order valence-corrected chi connectivity index (χ2v) is 8.69. The normalized spacial score (nSPS) is 31.0. The van der Waals surface area contributed by atoms with Gasteiger partial charge in [-0.15, -0.1) is 0 Å². The summed E-state index contributed by atoms with van der Waals surface area (Å²) in [5.74, 6) is 0.00936. The highest BCUT2D eigenvalue weighted by Crippen LogP contribution is 2.41. The number of aromatic amines is 1. The molecule has 3 aliphatic rings. The molecule has 1 spiro atoms. The molecule has 2 aliphatic heterocycles. The third-order valence-corrected chi connectivity index (χ3v) is 7.16. The number of amides is 2. The maximum absolute atomic E-state index is 13.7. The molecule has 154 valence electrons. The Morgan fingerprint density at radius 3 is 2.54 bits per heavy atom. The molecule has 1 unspecified atom stereocenters. The monoisotopic (exact) mass is 388 g/mol. The van der Waals surface area contributed by atoms with Crippen molar-refractivity contribution in [2.75, 3.05) is 13.1 Å². The second kappa shape index (κ2) is 7.50. The van der Waals surface area contributed by atoms with Crippen LogP contribution in [0.1, 0.15) is 80.0 Å². The molecule has 1 aliphatic carbocycles. The maximum Gasteiger partial charge on any atom is 0.275 e. The summed E-state index contributed by atoms with van der Waals surface area (Å²) in [5, 5.41) is 17.1. The Balaban J connectivity index is 1.59. The van der Waals surface area contributed by atoms with E-state index >= 15 is 0 Å². The number of nitrogens with zero attached hydrogens (tertiary/aromatic N) is 3. The fourth-order valence-electron chi connectivity index (χ4n) is 5.51. The predicted molar refractivity (Wildman–Crippen MR) is 105 cm³/mol. The Morgan fingerprint density at radius 1 is 1.21 bits per heavy atom. The first-order valence-corrected chi connectivity index (χ1v) is 10.8. The molecule has 0 radical (unpaired) electrons. The number of aromatic nitrogens is 2. The van der Waals surface area contributed by atoms with Crippen molar-refractivity contribution in [3.63, 3.8) is 0 Å². The lowest BCUT2D eigenvalue weighted by Gasteiger charge is -2.48. The zero-order valence-electron chi connectivity index (χ0n) is 17.0. The number of aryl methyl sites for hydroxylation is 1. The van der Waals surface area contributed by atoms with Crippen molar-refractivity contribution in [3.8, 4) is 0 Å². The van der Waals surface area contributed by atoms with Crippen molar-refractivity contribution in [1.82, 2.24) is 20.0 Å². The number of nitrogens with one attached hydrogen (secondary N) is 1. The predicted octanol–water partition coefficient (Wildman–Crippen LogP) is 2.18. The third-order valence-electron chi connectivity index (χ3n) is 7.16. The van der Waals surface area contributed by atoms with Crippen LogP contribution in [0.5, 0.6) is 0 Å². The van der Waals surface area contributed by atoms with Crippen LogP contribution in [0.2, 0.25) is 0 Å². The summed E-state index contributed by atoms with van der Waals surface area (Å²) in [6.07, 6.45) is 7.08. The number of aliphatic hydroxyl groups excluding tert-OH is 1. The molecule has 7 nitrogen and oxygen atoms in total. The van der Waals surface area contributed by atoms with Crippen LogP contribution in [0.15, 0.2) is 0 Å². The summed E-state index contributed by atoms with van der Waals surface area (Å²) >= 11 is 0. The van der Waals surface area contributed by atoms with Crippen molar-refractivity contribution in [1.29, 1.82) is 0 Å². The van der Waals surface area contributed by atoms with Gasteiger partial charge in [-0.2, -0.15) is 5.10 Å². The van der Waals surface area contributed by atoms with Crippen molar-refractivity contribution >= 4 is 11.8 Å². The topological polar surface area (TPSA) is 89.5 Å². The summed E-state index contributed by atoms with van der Waals surface area (Å²) in [4.78, 5) is 30.9. The van der Waals surface area contributed by atoms with Crippen LogP contribution in [0.25, 0.3) is 0 Å². The number of carbonyl (C=O) groups is 2. The molecule has 0 bridgehead atoms. The molecule has 1 saturated carbocycles. The summed E-state index contributed by atoms with van der Waals surface area (Å²) in [7, 11) is 0. The van der Waals surface area contributed by atoms with Crippen LogP contribution in [0.4, 0.5) is 0 Å². The van der Waals surface area contributed by atoms with E-state index in [0.29, 0.717) is 12.2 Å². The van der Waals surface area contributed by atoms with E-state index in [0.717, 1.165) is 75.6 Å². The van der Waals surface area contributed by atoms with E-state index in [1.807, 2.05) is 23.6 Å². The lowest BCUT2D eigenvalue weighted by molar-refractivity contribution is -0.149. The van der Waals surface area contributed by atoms with Gasteiger partial charge in [0, 0.05) is 30.4 Å². The standard InChI is InChI=1S/C21H32N4O3/c1-3-17-14(2)18(23-22-17)19(27)25-13-5-11-21(25)10-4-12-24(20(21)28)15-6-8-16(26)9-7-15/h15-16,26H,3-13H2,1-2H3,(H,22,23). The number of aliphatic hydroxyl groups is 1. The van der Waals surface area contributed by atoms with Gasteiger partial charge < -0.3 is 14.9 Å². The number of hydrogen-bond acceptors (Lipinski definition) is 4.